The van der Waals surface area contributed by atoms with Crippen LogP contribution in [0, 0.1) is 6.92 Å². The summed E-state index contributed by atoms with van der Waals surface area (Å²) in [7, 11) is 3.31. The van der Waals surface area contributed by atoms with Crippen molar-refractivity contribution in [3.63, 3.8) is 0 Å². The topological polar surface area (TPSA) is 53.7 Å². The molecule has 94 valence electrons. The molecule has 0 heterocycles. The minimum atomic E-state index is 0.502. The van der Waals surface area contributed by atoms with Crippen LogP contribution in [0.15, 0.2) is 18.2 Å². The highest BCUT2D eigenvalue weighted by Gasteiger charge is 2.05. The Bertz CT molecular complexity index is 388. The van der Waals surface area contributed by atoms with Crippen LogP contribution in [0.5, 0.6) is 11.5 Å². The Hall–Kier alpha value is -1.52. The first-order chi connectivity index (χ1) is 8.22. The van der Waals surface area contributed by atoms with Crippen molar-refractivity contribution in [3.8, 4) is 11.5 Å². The molecular formula is C13H19NO3. The monoisotopic (exact) mass is 237 g/mol. The quantitative estimate of drug-likeness (QED) is 0.609. The molecule has 0 atom stereocenters. The third-order valence-electron chi connectivity index (χ3n) is 2.45. The van der Waals surface area contributed by atoms with Gasteiger partial charge in [0.25, 0.3) is 0 Å². The van der Waals surface area contributed by atoms with E-state index in [9.17, 15) is 0 Å². The van der Waals surface area contributed by atoms with Crippen molar-refractivity contribution in [1.82, 2.24) is 0 Å². The molecule has 0 aromatic heterocycles. The average molecular weight is 237 g/mol. The highest BCUT2D eigenvalue weighted by molar-refractivity contribution is 5.61. The van der Waals surface area contributed by atoms with E-state index in [1.54, 1.807) is 14.2 Å². The zero-order valence-electron chi connectivity index (χ0n) is 10.5. The van der Waals surface area contributed by atoms with Crippen LogP contribution in [-0.4, -0.2) is 20.8 Å². The Kier molecular flexibility index (Phi) is 5.52. The summed E-state index contributed by atoms with van der Waals surface area (Å²) in [6.45, 7) is 2.49. The van der Waals surface area contributed by atoms with Gasteiger partial charge in [-0.1, -0.05) is 12.2 Å². The Morgan fingerprint density at radius 2 is 1.88 bits per heavy atom. The highest BCUT2D eigenvalue weighted by Crippen LogP contribution is 2.29. The van der Waals surface area contributed by atoms with E-state index in [2.05, 4.69) is 4.84 Å². The fraction of sp³-hybridized carbons (Fsp3) is 0.385. The predicted octanol–water partition coefficient (Wildman–Crippen LogP) is 2.31. The number of hydrogen-bond acceptors (Lipinski definition) is 4. The van der Waals surface area contributed by atoms with Gasteiger partial charge in [0.1, 0.15) is 11.5 Å². The molecule has 1 aromatic rings. The van der Waals surface area contributed by atoms with Gasteiger partial charge in [-0.15, -0.1) is 0 Å². The number of hydrogen-bond donors (Lipinski definition) is 1. The molecule has 0 aliphatic rings. The van der Waals surface area contributed by atoms with Crippen molar-refractivity contribution >= 4 is 6.08 Å². The van der Waals surface area contributed by atoms with Crippen LogP contribution in [0.4, 0.5) is 0 Å². The lowest BCUT2D eigenvalue weighted by Gasteiger charge is -2.10. The smallest absolute Gasteiger partial charge is 0.126 e. The molecule has 4 nitrogen and oxygen atoms in total. The van der Waals surface area contributed by atoms with Gasteiger partial charge in [0, 0.05) is 5.56 Å². The molecule has 1 aromatic carbocycles. The number of ether oxygens (including phenoxy) is 2. The van der Waals surface area contributed by atoms with Gasteiger partial charge in [-0.25, -0.2) is 5.90 Å². The molecule has 0 aliphatic heterocycles. The lowest BCUT2D eigenvalue weighted by atomic mass is 10.1. The number of benzene rings is 1. The second-order valence-electron chi connectivity index (χ2n) is 3.63. The molecule has 0 aliphatic carbocycles. The summed E-state index contributed by atoms with van der Waals surface area (Å²) in [5.41, 5.74) is 2.03. The lowest BCUT2D eigenvalue weighted by molar-refractivity contribution is 0.143. The van der Waals surface area contributed by atoms with Gasteiger partial charge < -0.3 is 14.3 Å². The van der Waals surface area contributed by atoms with Crippen LogP contribution in [0.25, 0.3) is 6.08 Å². The molecule has 0 spiro atoms. The number of rotatable bonds is 6. The van der Waals surface area contributed by atoms with Gasteiger partial charge in [0.15, 0.2) is 0 Å². The summed E-state index contributed by atoms with van der Waals surface area (Å²) in [4.78, 5) is 4.49. The third-order valence-corrected chi connectivity index (χ3v) is 2.45. The fourth-order valence-corrected chi connectivity index (χ4v) is 1.55. The Labute approximate surface area is 102 Å². The Balaban J connectivity index is 2.92. The molecule has 1 rings (SSSR count). The Morgan fingerprint density at radius 3 is 2.47 bits per heavy atom. The lowest BCUT2D eigenvalue weighted by Crippen LogP contribution is -1.98. The molecule has 17 heavy (non-hydrogen) atoms. The summed E-state index contributed by atoms with van der Waals surface area (Å²) in [6.07, 6.45) is 4.72. The van der Waals surface area contributed by atoms with Crippen LogP contribution < -0.4 is 15.4 Å². The SMILES string of the molecule is COc1cc(/C=C/CCON)c(OC)cc1C. The molecule has 0 saturated heterocycles. The molecule has 0 bridgehead atoms. The van der Waals surface area contributed by atoms with E-state index in [0.717, 1.165) is 29.0 Å². The standard InChI is InChI=1S/C13H19NO3/c1-10-8-13(16-3)11(9-12(10)15-2)6-4-5-7-17-14/h4,6,8-9H,5,7,14H2,1-3H3/b6-4+. The average Bonchev–Trinajstić information content (AvgIpc) is 2.35. The maximum atomic E-state index is 5.32. The molecule has 0 unspecified atom stereocenters. The summed E-state index contributed by atoms with van der Waals surface area (Å²) >= 11 is 0. The first-order valence-electron chi connectivity index (χ1n) is 5.43. The van der Waals surface area contributed by atoms with Crippen molar-refractivity contribution in [2.45, 2.75) is 13.3 Å². The minimum Gasteiger partial charge on any atom is -0.496 e. The van der Waals surface area contributed by atoms with E-state index in [1.165, 1.54) is 0 Å². The largest absolute Gasteiger partial charge is 0.496 e. The van der Waals surface area contributed by atoms with E-state index in [4.69, 9.17) is 15.4 Å². The highest BCUT2D eigenvalue weighted by atomic mass is 16.6. The number of nitrogens with two attached hydrogens (primary N) is 1. The van der Waals surface area contributed by atoms with E-state index < -0.39 is 0 Å². The maximum absolute atomic E-state index is 5.32. The van der Waals surface area contributed by atoms with Crippen LogP contribution in [0.2, 0.25) is 0 Å². The second-order valence-corrected chi connectivity index (χ2v) is 3.63. The zero-order valence-corrected chi connectivity index (χ0v) is 10.5. The van der Waals surface area contributed by atoms with Gasteiger partial charge in [-0.05, 0) is 31.0 Å². The van der Waals surface area contributed by atoms with Gasteiger partial charge in [0.05, 0.1) is 20.8 Å². The molecule has 4 heteroatoms. The number of methoxy groups -OCH3 is 2. The zero-order chi connectivity index (χ0) is 12.7. The van der Waals surface area contributed by atoms with Crippen molar-refractivity contribution in [2.75, 3.05) is 20.8 Å². The second kappa shape index (κ2) is 6.93. The van der Waals surface area contributed by atoms with Crippen LogP contribution in [0.1, 0.15) is 17.5 Å². The van der Waals surface area contributed by atoms with Crippen LogP contribution >= 0.6 is 0 Å². The molecule has 0 saturated carbocycles. The van der Waals surface area contributed by atoms with Gasteiger partial charge >= 0.3 is 0 Å². The van der Waals surface area contributed by atoms with E-state index >= 15 is 0 Å². The molecule has 0 amide bonds. The van der Waals surface area contributed by atoms with Crippen LogP contribution in [-0.2, 0) is 4.84 Å². The van der Waals surface area contributed by atoms with Crippen molar-refractivity contribution in [3.05, 3.63) is 29.3 Å². The van der Waals surface area contributed by atoms with E-state index in [0.29, 0.717) is 6.61 Å². The van der Waals surface area contributed by atoms with Gasteiger partial charge in [-0.3, -0.25) is 0 Å². The first kappa shape index (κ1) is 13.5. The normalized spacial score (nSPS) is 10.8. The van der Waals surface area contributed by atoms with Crippen molar-refractivity contribution in [1.29, 1.82) is 0 Å². The maximum Gasteiger partial charge on any atom is 0.126 e. The fourth-order valence-electron chi connectivity index (χ4n) is 1.55. The molecule has 0 radical (unpaired) electrons. The number of aryl methyl sites for hydroxylation is 1. The Morgan fingerprint density at radius 1 is 1.18 bits per heavy atom. The molecule has 2 N–H and O–H groups in total. The van der Waals surface area contributed by atoms with E-state index in [1.807, 2.05) is 31.2 Å². The van der Waals surface area contributed by atoms with E-state index in [-0.39, 0.29) is 0 Å². The predicted molar refractivity (Wildman–Crippen MR) is 68.1 cm³/mol. The summed E-state index contributed by atoms with van der Waals surface area (Å²) in [5, 5.41) is 0. The van der Waals surface area contributed by atoms with Gasteiger partial charge in [-0.2, -0.15) is 0 Å². The minimum absolute atomic E-state index is 0.502. The molecule has 0 fully saturated rings. The first-order valence-corrected chi connectivity index (χ1v) is 5.43. The third kappa shape index (κ3) is 3.76. The van der Waals surface area contributed by atoms with Crippen molar-refractivity contribution in [2.24, 2.45) is 5.90 Å². The molecular weight excluding hydrogens is 218 g/mol. The summed E-state index contributed by atoms with van der Waals surface area (Å²) in [6, 6.07) is 3.91. The van der Waals surface area contributed by atoms with Gasteiger partial charge in [0.2, 0.25) is 0 Å². The summed E-state index contributed by atoms with van der Waals surface area (Å²) < 4.78 is 10.6. The van der Waals surface area contributed by atoms with Crippen molar-refractivity contribution < 1.29 is 14.3 Å². The summed E-state index contributed by atoms with van der Waals surface area (Å²) in [5.74, 6) is 6.63. The van der Waals surface area contributed by atoms with Crippen LogP contribution in [0.3, 0.4) is 0 Å².